The minimum Gasteiger partial charge on any atom is -0.443 e. The van der Waals surface area contributed by atoms with Gasteiger partial charge in [-0.25, -0.2) is 4.98 Å². The molecule has 0 bridgehead atoms. The van der Waals surface area contributed by atoms with Crippen LogP contribution in [0, 0.1) is 0 Å². The van der Waals surface area contributed by atoms with Crippen LogP contribution in [0.1, 0.15) is 41.8 Å². The van der Waals surface area contributed by atoms with Crippen molar-refractivity contribution in [2.75, 3.05) is 20.1 Å². The first-order valence-electron chi connectivity index (χ1n) is 10.2. The van der Waals surface area contributed by atoms with E-state index in [2.05, 4.69) is 9.97 Å². The minimum atomic E-state index is -0.110. The molecule has 6 nitrogen and oxygen atoms in total. The molecule has 0 N–H and O–H groups in total. The van der Waals surface area contributed by atoms with Crippen LogP contribution in [0.25, 0.3) is 0 Å². The molecule has 7 heteroatoms. The Hall–Kier alpha value is -2.70. The molecule has 4 rings (SSSR count). The van der Waals surface area contributed by atoms with E-state index in [-0.39, 0.29) is 11.9 Å². The summed E-state index contributed by atoms with van der Waals surface area (Å²) in [5.41, 5.74) is 1.94. The lowest BCUT2D eigenvalue weighted by Gasteiger charge is -2.25. The molecule has 1 atom stereocenters. The fraction of sp³-hybridized carbons (Fsp3) is 0.348. The molecule has 3 aromatic rings. The van der Waals surface area contributed by atoms with E-state index in [0.29, 0.717) is 30.4 Å². The number of halogens is 1. The predicted molar refractivity (Wildman–Crippen MR) is 115 cm³/mol. The van der Waals surface area contributed by atoms with E-state index in [1.54, 1.807) is 12.4 Å². The van der Waals surface area contributed by atoms with Crippen LogP contribution in [-0.4, -0.2) is 45.8 Å². The average molecular weight is 425 g/mol. The first-order valence-corrected chi connectivity index (χ1v) is 10.5. The summed E-state index contributed by atoms with van der Waals surface area (Å²) >= 11 is 6.26. The molecule has 1 aliphatic heterocycles. The molecule has 1 amide bonds. The van der Waals surface area contributed by atoms with Crippen LogP contribution >= 0.6 is 11.6 Å². The number of likely N-dealkylation sites (N-methyl/N-ethyl adjacent to an activating group) is 1. The first-order chi connectivity index (χ1) is 14.6. The van der Waals surface area contributed by atoms with Crippen LogP contribution in [-0.2, 0) is 17.8 Å². The zero-order chi connectivity index (χ0) is 20.9. The molecule has 0 aliphatic carbocycles. The van der Waals surface area contributed by atoms with Gasteiger partial charge >= 0.3 is 0 Å². The Morgan fingerprint density at radius 2 is 2.07 bits per heavy atom. The lowest BCUT2D eigenvalue weighted by atomic mass is 10.1. The second-order valence-corrected chi connectivity index (χ2v) is 8.08. The fourth-order valence-electron chi connectivity index (χ4n) is 3.86. The monoisotopic (exact) mass is 424 g/mol. The predicted octanol–water partition coefficient (Wildman–Crippen LogP) is 4.11. The Morgan fingerprint density at radius 1 is 1.23 bits per heavy atom. The van der Waals surface area contributed by atoms with E-state index >= 15 is 0 Å². The zero-order valence-electron chi connectivity index (χ0n) is 17.0. The Balaban J connectivity index is 1.39. The molecule has 156 valence electrons. The summed E-state index contributed by atoms with van der Waals surface area (Å²) in [7, 11) is 1.94. The molecule has 0 spiro atoms. The number of hydrogen-bond acceptors (Lipinski definition) is 5. The zero-order valence-corrected chi connectivity index (χ0v) is 17.8. The Labute approximate surface area is 181 Å². The average Bonchev–Trinajstić information content (AvgIpc) is 3.40. The standard InChI is InChI=1S/C23H25ClN4O2/c1-27(15-18-8-4-5-11-25-18)16-22(29)28-12-6-10-21(28)23-26-14-19(30-23)13-17-7-2-3-9-20(17)24/h2-5,7-9,11,14,21H,6,10,12-13,15-16H2,1H3. The molecule has 2 aromatic heterocycles. The number of carbonyl (C=O) groups is 1. The molecule has 1 fully saturated rings. The van der Waals surface area contributed by atoms with Crippen LogP contribution < -0.4 is 0 Å². The van der Waals surface area contributed by atoms with Crippen molar-refractivity contribution in [3.8, 4) is 0 Å². The molecule has 3 heterocycles. The van der Waals surface area contributed by atoms with Crippen LogP contribution in [0.3, 0.4) is 0 Å². The van der Waals surface area contributed by atoms with Crippen molar-refractivity contribution in [2.24, 2.45) is 0 Å². The summed E-state index contributed by atoms with van der Waals surface area (Å²) in [6, 6.07) is 13.4. The molecule has 1 unspecified atom stereocenters. The van der Waals surface area contributed by atoms with E-state index < -0.39 is 0 Å². The molecule has 1 aliphatic rings. The van der Waals surface area contributed by atoms with Crippen molar-refractivity contribution in [1.82, 2.24) is 19.8 Å². The van der Waals surface area contributed by atoms with Gasteiger partial charge in [-0.2, -0.15) is 0 Å². The highest BCUT2D eigenvalue weighted by Crippen LogP contribution is 2.32. The molecule has 1 saturated heterocycles. The van der Waals surface area contributed by atoms with Crippen LogP contribution in [0.2, 0.25) is 5.02 Å². The summed E-state index contributed by atoms with van der Waals surface area (Å²) in [5, 5.41) is 0.712. The number of benzene rings is 1. The number of likely N-dealkylation sites (tertiary alicyclic amines) is 1. The van der Waals surface area contributed by atoms with Gasteiger partial charge in [-0.3, -0.25) is 14.7 Å². The highest BCUT2D eigenvalue weighted by Gasteiger charge is 2.33. The maximum Gasteiger partial charge on any atom is 0.237 e. The van der Waals surface area contributed by atoms with Crippen molar-refractivity contribution in [3.05, 3.63) is 82.8 Å². The number of amides is 1. The Bertz CT molecular complexity index is 992. The van der Waals surface area contributed by atoms with Crippen molar-refractivity contribution >= 4 is 17.5 Å². The maximum absolute atomic E-state index is 12.9. The molecular formula is C23H25ClN4O2. The quantitative estimate of drug-likeness (QED) is 0.571. The Kier molecular flexibility index (Phi) is 6.45. The highest BCUT2D eigenvalue weighted by atomic mass is 35.5. The van der Waals surface area contributed by atoms with Crippen LogP contribution in [0.5, 0.6) is 0 Å². The number of oxazole rings is 1. The van der Waals surface area contributed by atoms with E-state index in [1.807, 2.05) is 59.3 Å². The molecule has 0 radical (unpaired) electrons. The Morgan fingerprint density at radius 3 is 2.87 bits per heavy atom. The van der Waals surface area contributed by atoms with E-state index in [4.69, 9.17) is 16.0 Å². The van der Waals surface area contributed by atoms with Gasteiger partial charge in [0, 0.05) is 30.7 Å². The third-order valence-corrected chi connectivity index (χ3v) is 5.68. The van der Waals surface area contributed by atoms with Gasteiger partial charge in [-0.05, 0) is 43.7 Å². The van der Waals surface area contributed by atoms with Gasteiger partial charge in [0.25, 0.3) is 0 Å². The van der Waals surface area contributed by atoms with Crippen LogP contribution in [0.4, 0.5) is 0 Å². The fourth-order valence-corrected chi connectivity index (χ4v) is 4.06. The number of pyridine rings is 1. The minimum absolute atomic E-state index is 0.0850. The molecular weight excluding hydrogens is 400 g/mol. The molecule has 1 aromatic carbocycles. The van der Waals surface area contributed by atoms with Crippen molar-refractivity contribution < 1.29 is 9.21 Å². The third kappa shape index (κ3) is 4.89. The largest absolute Gasteiger partial charge is 0.443 e. The lowest BCUT2D eigenvalue weighted by molar-refractivity contribution is -0.133. The van der Waals surface area contributed by atoms with Gasteiger partial charge in [-0.1, -0.05) is 35.9 Å². The van der Waals surface area contributed by atoms with Gasteiger partial charge in [-0.15, -0.1) is 0 Å². The lowest BCUT2D eigenvalue weighted by Crippen LogP contribution is -2.38. The van der Waals surface area contributed by atoms with Gasteiger partial charge in [0.1, 0.15) is 11.8 Å². The second-order valence-electron chi connectivity index (χ2n) is 7.67. The van der Waals surface area contributed by atoms with Crippen molar-refractivity contribution in [1.29, 1.82) is 0 Å². The van der Waals surface area contributed by atoms with Crippen molar-refractivity contribution in [2.45, 2.75) is 31.8 Å². The van der Waals surface area contributed by atoms with Crippen molar-refractivity contribution in [3.63, 3.8) is 0 Å². The summed E-state index contributed by atoms with van der Waals surface area (Å²) in [6.45, 7) is 1.69. The smallest absolute Gasteiger partial charge is 0.237 e. The van der Waals surface area contributed by atoms with Gasteiger partial charge < -0.3 is 9.32 Å². The summed E-state index contributed by atoms with van der Waals surface area (Å²) in [6.07, 6.45) is 5.90. The summed E-state index contributed by atoms with van der Waals surface area (Å²) < 4.78 is 6.02. The highest BCUT2D eigenvalue weighted by molar-refractivity contribution is 6.31. The van der Waals surface area contributed by atoms with E-state index in [1.165, 1.54) is 0 Å². The third-order valence-electron chi connectivity index (χ3n) is 5.32. The number of rotatable bonds is 7. The summed E-state index contributed by atoms with van der Waals surface area (Å²) in [5.74, 6) is 1.45. The maximum atomic E-state index is 12.9. The number of carbonyl (C=O) groups excluding carboxylic acids is 1. The summed E-state index contributed by atoms with van der Waals surface area (Å²) in [4.78, 5) is 25.6. The van der Waals surface area contributed by atoms with E-state index in [9.17, 15) is 4.79 Å². The number of aromatic nitrogens is 2. The van der Waals surface area contributed by atoms with E-state index in [0.717, 1.165) is 36.4 Å². The number of hydrogen-bond donors (Lipinski definition) is 0. The first kappa shape index (κ1) is 20.6. The van der Waals surface area contributed by atoms with Crippen LogP contribution in [0.15, 0.2) is 59.3 Å². The normalized spacial score (nSPS) is 16.4. The number of nitrogens with zero attached hydrogens (tertiary/aromatic N) is 4. The topological polar surface area (TPSA) is 62.5 Å². The van der Waals surface area contributed by atoms with Gasteiger partial charge in [0.15, 0.2) is 0 Å². The second kappa shape index (κ2) is 9.41. The molecule has 0 saturated carbocycles. The van der Waals surface area contributed by atoms with Gasteiger partial charge in [0.2, 0.25) is 11.8 Å². The van der Waals surface area contributed by atoms with Gasteiger partial charge in [0.05, 0.1) is 18.4 Å². The SMILES string of the molecule is CN(CC(=O)N1CCCC1c1ncc(Cc2ccccc2Cl)o1)Cc1ccccn1. The molecule has 30 heavy (non-hydrogen) atoms.